The molecule has 1 saturated heterocycles. The van der Waals surface area contributed by atoms with Crippen LogP contribution in [0.4, 0.5) is 0 Å². The molecule has 0 radical (unpaired) electrons. The SMILES string of the molecule is O=C(N/C(=C\N1CCCCC1)[P+](c1ccccc1)(c1ccccc1)c1ccccc1)c1ccccc1.[O-][Cl+3]([O-])([O-])[O-]. The summed E-state index contributed by atoms with van der Waals surface area (Å²) < 4.78 is 34.0. The van der Waals surface area contributed by atoms with Crippen LogP contribution in [0, 0.1) is 10.2 Å². The number of nitrogens with zero attached hydrogens (tertiary/aromatic N) is 1. The third kappa shape index (κ3) is 8.24. The first kappa shape index (κ1) is 30.4. The van der Waals surface area contributed by atoms with Crippen LogP contribution < -0.4 is 39.9 Å². The molecule has 0 aliphatic carbocycles. The van der Waals surface area contributed by atoms with Gasteiger partial charge >= 0.3 is 0 Å². The molecule has 1 N–H and O–H groups in total. The van der Waals surface area contributed by atoms with Crippen molar-refractivity contribution in [2.75, 3.05) is 13.1 Å². The molecule has 212 valence electrons. The monoisotopic (exact) mass is 590 g/mol. The van der Waals surface area contributed by atoms with Crippen molar-refractivity contribution in [1.29, 1.82) is 0 Å². The number of hydrogen-bond donors (Lipinski definition) is 1. The van der Waals surface area contributed by atoms with E-state index in [1.54, 1.807) is 0 Å². The molecule has 1 aliphatic rings. The van der Waals surface area contributed by atoms with Crippen LogP contribution in [-0.4, -0.2) is 23.9 Å². The highest BCUT2D eigenvalue weighted by Gasteiger charge is 2.51. The minimum atomic E-state index is -4.94. The largest absolute Gasteiger partial charge is 0.373 e. The second-order valence-corrected chi connectivity index (χ2v) is 13.6. The predicted molar refractivity (Wildman–Crippen MR) is 153 cm³/mol. The molecule has 1 fully saturated rings. The smallest absolute Gasteiger partial charge is 0.258 e. The fourth-order valence-corrected chi connectivity index (χ4v) is 9.21. The molecule has 1 heterocycles. The molecule has 7 nitrogen and oxygen atoms in total. The summed E-state index contributed by atoms with van der Waals surface area (Å²) in [6.07, 6.45) is 5.85. The lowest BCUT2D eigenvalue weighted by Crippen LogP contribution is -2.68. The normalized spacial score (nSPS) is 14.0. The Kier molecular flexibility index (Phi) is 10.7. The molecule has 0 atom stereocenters. The third-order valence-corrected chi connectivity index (χ3v) is 10.9. The van der Waals surface area contributed by atoms with Gasteiger partial charge in [0, 0.05) is 18.7 Å². The Morgan fingerprint density at radius 2 is 1.00 bits per heavy atom. The van der Waals surface area contributed by atoms with Crippen molar-refractivity contribution in [3.63, 3.8) is 0 Å². The zero-order valence-corrected chi connectivity index (χ0v) is 24.1. The second kappa shape index (κ2) is 14.4. The summed E-state index contributed by atoms with van der Waals surface area (Å²) in [5, 5.41) is 7.11. The summed E-state index contributed by atoms with van der Waals surface area (Å²) in [5.74, 6) is -0.0778. The van der Waals surface area contributed by atoms with Crippen molar-refractivity contribution in [1.82, 2.24) is 10.2 Å². The molecular formula is C32H32ClN2O5P. The van der Waals surface area contributed by atoms with E-state index in [9.17, 15) is 4.79 Å². The quantitative estimate of drug-likeness (QED) is 0.320. The molecule has 4 aromatic carbocycles. The first-order valence-corrected chi connectivity index (χ1v) is 16.3. The highest BCUT2D eigenvalue weighted by Crippen LogP contribution is 2.61. The number of piperidine rings is 1. The van der Waals surface area contributed by atoms with E-state index in [2.05, 4.69) is 107 Å². The lowest BCUT2D eigenvalue weighted by atomic mass is 10.1. The van der Waals surface area contributed by atoms with Gasteiger partial charge in [-0.05, 0) is 67.8 Å². The van der Waals surface area contributed by atoms with E-state index < -0.39 is 17.5 Å². The van der Waals surface area contributed by atoms with Crippen LogP contribution in [-0.2, 0) is 0 Å². The zero-order chi connectivity index (χ0) is 29.1. The van der Waals surface area contributed by atoms with Crippen LogP contribution in [0.15, 0.2) is 133 Å². The van der Waals surface area contributed by atoms with Crippen LogP contribution in [0.5, 0.6) is 0 Å². The summed E-state index contributed by atoms with van der Waals surface area (Å²) in [6, 6.07) is 41.6. The molecule has 0 bridgehead atoms. The predicted octanol–water partition coefficient (Wildman–Crippen LogP) is 0.939. The minimum Gasteiger partial charge on any atom is -0.373 e. The molecule has 5 rings (SSSR count). The molecule has 1 amide bonds. The Hall–Kier alpha value is -3.55. The molecule has 41 heavy (non-hydrogen) atoms. The number of carbonyl (C=O) groups is 1. The summed E-state index contributed by atoms with van der Waals surface area (Å²) >= 11 is 0. The molecule has 1 aliphatic heterocycles. The number of likely N-dealkylation sites (tertiary alicyclic amines) is 1. The molecule has 9 heteroatoms. The van der Waals surface area contributed by atoms with Gasteiger partial charge < -0.3 is 4.90 Å². The lowest BCUT2D eigenvalue weighted by molar-refractivity contribution is -2.00. The van der Waals surface area contributed by atoms with Crippen LogP contribution >= 0.6 is 7.26 Å². The van der Waals surface area contributed by atoms with E-state index >= 15 is 0 Å². The van der Waals surface area contributed by atoms with Crippen LogP contribution in [0.2, 0.25) is 0 Å². The number of rotatable bonds is 7. The van der Waals surface area contributed by atoms with Gasteiger partial charge in [-0.3, -0.25) is 10.1 Å². The van der Waals surface area contributed by atoms with E-state index in [4.69, 9.17) is 18.6 Å². The van der Waals surface area contributed by atoms with Crippen molar-refractivity contribution in [3.8, 4) is 0 Å². The van der Waals surface area contributed by atoms with Gasteiger partial charge in [-0.15, -0.1) is 10.2 Å². The zero-order valence-electron chi connectivity index (χ0n) is 22.5. The molecule has 0 saturated carbocycles. The third-order valence-electron chi connectivity index (χ3n) is 6.76. The minimum absolute atomic E-state index is 0.0778. The number of amides is 1. The Labute approximate surface area is 243 Å². The van der Waals surface area contributed by atoms with Gasteiger partial charge in [-0.2, -0.15) is 0 Å². The highest BCUT2D eigenvalue weighted by molar-refractivity contribution is 7.99. The van der Waals surface area contributed by atoms with Crippen molar-refractivity contribution in [3.05, 3.63) is 139 Å². The van der Waals surface area contributed by atoms with E-state index in [0.717, 1.165) is 18.5 Å². The van der Waals surface area contributed by atoms with Gasteiger partial charge in [0.15, 0.2) is 12.7 Å². The Balaban J connectivity index is 0.000000714. The maximum Gasteiger partial charge on any atom is 0.258 e. The summed E-state index contributed by atoms with van der Waals surface area (Å²) in [5.41, 5.74) is 1.64. The number of carbonyl (C=O) groups excluding carboxylic acids is 1. The van der Waals surface area contributed by atoms with Gasteiger partial charge in [-0.1, -0.05) is 72.8 Å². The number of benzene rings is 4. The Morgan fingerprint density at radius 3 is 1.39 bits per heavy atom. The Morgan fingerprint density at radius 1 is 0.634 bits per heavy atom. The second-order valence-electron chi connectivity index (χ2n) is 9.49. The van der Waals surface area contributed by atoms with Gasteiger partial charge in [0.05, 0.1) is 6.20 Å². The maximum atomic E-state index is 13.7. The number of hydrogen-bond acceptors (Lipinski definition) is 6. The van der Waals surface area contributed by atoms with Crippen molar-refractivity contribution < 1.29 is 33.7 Å². The van der Waals surface area contributed by atoms with Crippen LogP contribution in [0.25, 0.3) is 0 Å². The van der Waals surface area contributed by atoms with Gasteiger partial charge in [0.25, 0.3) is 5.91 Å². The van der Waals surface area contributed by atoms with Crippen LogP contribution in [0.3, 0.4) is 0 Å². The standard InChI is InChI=1S/C32H31N2OP.ClHO4/c35-32(27-16-6-1-7-17-27)33-31(26-34-24-14-5-15-25-34)36(28-18-8-2-9-19-28,29-20-10-3-11-21-29)30-22-12-4-13-23-30;2-1(3,4)5/h1-4,6-13,16-23,26H,5,14-15,24-25H2;(H,2,3,4,5)/b31-26+;. The fourth-order valence-electron chi connectivity index (χ4n) is 5.02. The Bertz CT molecular complexity index is 1290. The summed E-state index contributed by atoms with van der Waals surface area (Å²) in [4.78, 5) is 16.1. The van der Waals surface area contributed by atoms with E-state index in [-0.39, 0.29) is 5.91 Å². The summed E-state index contributed by atoms with van der Waals surface area (Å²) in [6.45, 7) is 2.01. The van der Waals surface area contributed by atoms with Gasteiger partial charge in [0.1, 0.15) is 15.9 Å². The van der Waals surface area contributed by atoms with Crippen molar-refractivity contribution in [2.45, 2.75) is 19.3 Å². The lowest BCUT2D eigenvalue weighted by Gasteiger charge is -2.32. The average molecular weight is 591 g/mol. The number of halogens is 1. The van der Waals surface area contributed by atoms with E-state index in [1.165, 1.54) is 35.2 Å². The maximum absolute atomic E-state index is 13.7. The first-order valence-electron chi connectivity index (χ1n) is 13.3. The highest BCUT2D eigenvalue weighted by atomic mass is 35.7. The molecule has 0 unspecified atom stereocenters. The van der Waals surface area contributed by atoms with E-state index in [0.29, 0.717) is 5.56 Å². The molecule has 0 aromatic heterocycles. The first-order chi connectivity index (χ1) is 19.8. The fraction of sp³-hybridized carbons (Fsp3) is 0.156. The average Bonchev–Trinajstić information content (AvgIpc) is 2.99. The number of nitrogens with one attached hydrogen (secondary N) is 1. The van der Waals surface area contributed by atoms with Crippen LogP contribution in [0.1, 0.15) is 29.6 Å². The topological polar surface area (TPSA) is 125 Å². The summed E-state index contributed by atoms with van der Waals surface area (Å²) in [7, 11) is -7.36. The van der Waals surface area contributed by atoms with Gasteiger partial charge in [-0.25, -0.2) is 18.6 Å². The van der Waals surface area contributed by atoms with Crippen molar-refractivity contribution >= 4 is 29.1 Å². The van der Waals surface area contributed by atoms with Crippen molar-refractivity contribution in [2.24, 2.45) is 0 Å². The molecule has 0 spiro atoms. The van der Waals surface area contributed by atoms with Gasteiger partial charge in [0.2, 0.25) is 0 Å². The molecular weight excluding hydrogens is 559 g/mol. The molecule has 4 aromatic rings. The van der Waals surface area contributed by atoms with E-state index in [1.807, 2.05) is 30.3 Å².